The largest absolute Gasteiger partial charge is 0.481 e. The highest BCUT2D eigenvalue weighted by Gasteiger charge is 2.32. The highest BCUT2D eigenvalue weighted by atomic mass is 32.2. The highest BCUT2D eigenvalue weighted by molar-refractivity contribution is 7.98. The summed E-state index contributed by atoms with van der Waals surface area (Å²) < 4.78 is 0. The van der Waals surface area contributed by atoms with Gasteiger partial charge in [-0.05, 0) is 37.7 Å². The van der Waals surface area contributed by atoms with Crippen molar-refractivity contribution in [3.63, 3.8) is 0 Å². The monoisotopic (exact) mass is 462 g/mol. The zero-order valence-electron chi connectivity index (χ0n) is 18.3. The van der Waals surface area contributed by atoms with Crippen LogP contribution in [0, 0.1) is 5.92 Å². The Bertz CT molecular complexity index is 645. The normalized spacial score (nSPS) is 15.6. The van der Waals surface area contributed by atoms with Gasteiger partial charge in [0.05, 0.1) is 6.04 Å². The fourth-order valence-corrected chi connectivity index (χ4v) is 3.02. The number of nitrogens with one attached hydrogen (secondary N) is 3. The van der Waals surface area contributed by atoms with E-state index in [1.807, 2.05) is 6.92 Å². The third kappa shape index (κ3) is 11.0. The van der Waals surface area contributed by atoms with Crippen molar-refractivity contribution < 1.29 is 34.2 Å². The van der Waals surface area contributed by atoms with Crippen LogP contribution in [0.5, 0.6) is 0 Å². The van der Waals surface area contributed by atoms with Crippen LogP contribution < -0.4 is 21.7 Å². The molecule has 0 heterocycles. The SMILES string of the molecule is CCC(C)C(NC(=O)C(C)N)C(=O)NC(CCC(=O)O)C(=O)NC(CCSC)C(=O)O. The maximum atomic E-state index is 12.8. The number of carbonyl (C=O) groups is 5. The topological polar surface area (TPSA) is 188 Å². The van der Waals surface area contributed by atoms with Crippen molar-refractivity contribution in [3.8, 4) is 0 Å². The van der Waals surface area contributed by atoms with Crippen molar-refractivity contribution in [3.05, 3.63) is 0 Å². The van der Waals surface area contributed by atoms with Crippen LogP contribution >= 0.6 is 11.8 Å². The molecule has 0 aliphatic carbocycles. The van der Waals surface area contributed by atoms with Gasteiger partial charge in [0.2, 0.25) is 17.7 Å². The summed E-state index contributed by atoms with van der Waals surface area (Å²) in [7, 11) is 0. The molecule has 178 valence electrons. The molecule has 0 aliphatic rings. The summed E-state index contributed by atoms with van der Waals surface area (Å²) in [6.07, 6.45) is 1.85. The van der Waals surface area contributed by atoms with Gasteiger partial charge in [-0.15, -0.1) is 0 Å². The molecule has 0 fully saturated rings. The summed E-state index contributed by atoms with van der Waals surface area (Å²) >= 11 is 1.41. The molecule has 0 aromatic carbocycles. The number of hydrogen-bond donors (Lipinski definition) is 6. The molecule has 31 heavy (non-hydrogen) atoms. The first-order valence-corrected chi connectivity index (χ1v) is 11.4. The molecular formula is C19H34N4O7S. The van der Waals surface area contributed by atoms with Gasteiger partial charge < -0.3 is 31.9 Å². The number of amides is 3. The van der Waals surface area contributed by atoms with Crippen LogP contribution in [0.2, 0.25) is 0 Å². The number of rotatable bonds is 15. The Balaban J connectivity index is 5.50. The van der Waals surface area contributed by atoms with Crippen LogP contribution in [-0.2, 0) is 24.0 Å². The van der Waals surface area contributed by atoms with E-state index in [1.165, 1.54) is 18.7 Å². The van der Waals surface area contributed by atoms with Crippen LogP contribution in [0.4, 0.5) is 0 Å². The minimum atomic E-state index is -1.28. The lowest BCUT2D eigenvalue weighted by molar-refractivity contribution is -0.143. The second-order valence-corrected chi connectivity index (χ2v) is 8.32. The summed E-state index contributed by atoms with van der Waals surface area (Å²) in [4.78, 5) is 59.9. The molecule has 5 atom stereocenters. The third-order valence-electron chi connectivity index (χ3n) is 4.71. The Morgan fingerprint density at radius 2 is 1.48 bits per heavy atom. The van der Waals surface area contributed by atoms with Crippen molar-refractivity contribution in [2.24, 2.45) is 11.7 Å². The molecule has 7 N–H and O–H groups in total. The van der Waals surface area contributed by atoms with Gasteiger partial charge in [-0.2, -0.15) is 11.8 Å². The Kier molecular flexibility index (Phi) is 13.5. The van der Waals surface area contributed by atoms with Crippen molar-refractivity contribution in [1.29, 1.82) is 0 Å². The van der Waals surface area contributed by atoms with Crippen molar-refractivity contribution in [1.82, 2.24) is 16.0 Å². The average Bonchev–Trinajstić information content (AvgIpc) is 2.70. The lowest BCUT2D eigenvalue weighted by atomic mass is 9.97. The molecule has 5 unspecified atom stereocenters. The Morgan fingerprint density at radius 3 is 1.94 bits per heavy atom. The van der Waals surface area contributed by atoms with Crippen LogP contribution in [0.25, 0.3) is 0 Å². The molecule has 0 radical (unpaired) electrons. The van der Waals surface area contributed by atoms with Gasteiger partial charge in [0.25, 0.3) is 0 Å². The van der Waals surface area contributed by atoms with E-state index in [4.69, 9.17) is 10.8 Å². The second kappa shape index (κ2) is 14.6. The number of thioether (sulfide) groups is 1. The van der Waals surface area contributed by atoms with Gasteiger partial charge in [-0.1, -0.05) is 20.3 Å². The molecule has 0 rings (SSSR count). The fourth-order valence-electron chi connectivity index (χ4n) is 2.55. The molecule has 0 saturated heterocycles. The molecule has 0 spiro atoms. The molecule has 0 bridgehead atoms. The molecule has 0 saturated carbocycles. The predicted molar refractivity (Wildman–Crippen MR) is 116 cm³/mol. The lowest BCUT2D eigenvalue weighted by Crippen LogP contribution is -2.58. The van der Waals surface area contributed by atoms with Crippen molar-refractivity contribution in [2.45, 2.75) is 70.6 Å². The van der Waals surface area contributed by atoms with E-state index in [0.29, 0.717) is 12.2 Å². The first kappa shape index (κ1) is 28.7. The third-order valence-corrected chi connectivity index (χ3v) is 5.36. The van der Waals surface area contributed by atoms with Gasteiger partial charge in [-0.3, -0.25) is 19.2 Å². The van der Waals surface area contributed by atoms with Gasteiger partial charge in [0.1, 0.15) is 18.1 Å². The maximum absolute atomic E-state index is 12.8. The van der Waals surface area contributed by atoms with Gasteiger partial charge in [-0.25, -0.2) is 4.79 Å². The summed E-state index contributed by atoms with van der Waals surface area (Å²) in [5, 5.41) is 25.6. The zero-order chi connectivity index (χ0) is 24.1. The fraction of sp³-hybridized carbons (Fsp3) is 0.737. The molecule has 3 amide bonds. The average molecular weight is 463 g/mol. The number of carboxylic acid groups (broad SMARTS) is 2. The summed E-state index contributed by atoms with van der Waals surface area (Å²) in [6.45, 7) is 5.02. The quantitative estimate of drug-likeness (QED) is 0.187. The van der Waals surface area contributed by atoms with Crippen LogP contribution in [0.15, 0.2) is 0 Å². The standard InChI is InChI=1S/C19H34N4O7S/c1-5-10(2)15(23-16(26)11(3)20)18(28)21-12(6-7-14(24)25)17(27)22-13(19(29)30)8-9-31-4/h10-13,15H,5-9,20H2,1-4H3,(H,21,28)(H,22,27)(H,23,26)(H,24,25)(H,29,30). The number of hydrogen-bond acceptors (Lipinski definition) is 7. The first-order chi connectivity index (χ1) is 14.4. The summed E-state index contributed by atoms with van der Waals surface area (Å²) in [5.74, 6) is -4.23. The minimum absolute atomic E-state index is 0.168. The van der Waals surface area contributed by atoms with Crippen LogP contribution in [0.3, 0.4) is 0 Å². The molecule has 0 aromatic heterocycles. The van der Waals surface area contributed by atoms with E-state index in [2.05, 4.69) is 16.0 Å². The molecular weight excluding hydrogens is 428 g/mol. The zero-order valence-corrected chi connectivity index (χ0v) is 19.2. The smallest absolute Gasteiger partial charge is 0.326 e. The Morgan fingerprint density at radius 1 is 0.903 bits per heavy atom. The van der Waals surface area contributed by atoms with Crippen molar-refractivity contribution in [2.75, 3.05) is 12.0 Å². The Hall–Kier alpha value is -2.34. The number of aliphatic carboxylic acids is 2. The van der Waals surface area contributed by atoms with Gasteiger partial charge in [0, 0.05) is 6.42 Å². The van der Waals surface area contributed by atoms with Crippen LogP contribution in [-0.4, -0.2) is 76.0 Å². The summed E-state index contributed by atoms with van der Waals surface area (Å²) in [6, 6.07) is -4.29. The van der Waals surface area contributed by atoms with Crippen LogP contribution in [0.1, 0.15) is 46.5 Å². The minimum Gasteiger partial charge on any atom is -0.481 e. The van der Waals surface area contributed by atoms with Crippen molar-refractivity contribution >= 4 is 41.4 Å². The first-order valence-electron chi connectivity index (χ1n) is 10.0. The number of carboxylic acids is 2. The Labute approximate surface area is 186 Å². The molecule has 11 nitrogen and oxygen atoms in total. The predicted octanol–water partition coefficient (Wildman–Crippen LogP) is -0.463. The molecule has 12 heteroatoms. The maximum Gasteiger partial charge on any atom is 0.326 e. The van der Waals surface area contributed by atoms with E-state index >= 15 is 0 Å². The lowest BCUT2D eigenvalue weighted by Gasteiger charge is -2.27. The van der Waals surface area contributed by atoms with E-state index in [1.54, 1.807) is 13.2 Å². The molecule has 0 aliphatic heterocycles. The highest BCUT2D eigenvalue weighted by Crippen LogP contribution is 2.10. The van der Waals surface area contributed by atoms with E-state index in [0.717, 1.165) is 0 Å². The van der Waals surface area contributed by atoms with Gasteiger partial charge >= 0.3 is 11.9 Å². The van der Waals surface area contributed by atoms with E-state index in [9.17, 15) is 29.1 Å². The molecule has 0 aromatic rings. The van der Waals surface area contributed by atoms with Gasteiger partial charge in [0.15, 0.2) is 0 Å². The summed E-state index contributed by atoms with van der Waals surface area (Å²) in [5.41, 5.74) is 5.55. The number of carbonyl (C=O) groups excluding carboxylic acids is 3. The second-order valence-electron chi connectivity index (χ2n) is 7.33. The van der Waals surface area contributed by atoms with E-state index in [-0.39, 0.29) is 18.8 Å². The number of nitrogens with two attached hydrogens (primary N) is 1. The van der Waals surface area contributed by atoms with E-state index < -0.39 is 60.2 Å².